The van der Waals surface area contributed by atoms with Gasteiger partial charge in [-0.2, -0.15) is 0 Å². The minimum atomic E-state index is -1.86. The summed E-state index contributed by atoms with van der Waals surface area (Å²) in [5, 5.41) is 2.84. The molecule has 0 atom stereocenters. The lowest BCUT2D eigenvalue weighted by Crippen LogP contribution is -2.58. The topological polar surface area (TPSA) is 16.8 Å². The Labute approximate surface area is 148 Å². The van der Waals surface area contributed by atoms with E-state index in [1.165, 1.54) is 37.1 Å². The Morgan fingerprint density at radius 2 is 1.83 bits per heavy atom. The summed E-state index contributed by atoms with van der Waals surface area (Å²) in [6.45, 7) is 7.10. The van der Waals surface area contributed by atoms with Gasteiger partial charge in [0.15, 0.2) is 6.20 Å². The van der Waals surface area contributed by atoms with Crippen LogP contribution in [0.5, 0.6) is 0 Å². The molecule has 0 spiro atoms. The number of fused-ring (bicyclic) bond motifs is 2. The van der Waals surface area contributed by atoms with Gasteiger partial charge < -0.3 is 0 Å². The number of benzene rings is 1. The fourth-order valence-corrected chi connectivity index (χ4v) is 9.38. The van der Waals surface area contributed by atoms with Crippen LogP contribution in [0.4, 0.5) is 0 Å². The molecule has 1 aliphatic rings. The molecule has 0 bridgehead atoms. The predicted octanol–water partition coefficient (Wildman–Crippen LogP) is 3.17. The maximum Gasteiger partial charge on any atom is 0.212 e. The number of hydrogen-bond donors (Lipinski definition) is 0. The molecule has 4 heteroatoms. The van der Waals surface area contributed by atoms with E-state index in [1.54, 1.807) is 0 Å². The van der Waals surface area contributed by atoms with E-state index in [1.807, 2.05) is 24.0 Å². The Bertz CT molecular complexity index is 950. The second-order valence-corrected chi connectivity index (χ2v) is 12.2. The highest BCUT2D eigenvalue weighted by Gasteiger charge is 2.40. The van der Waals surface area contributed by atoms with Crippen LogP contribution in [-0.4, -0.2) is 13.1 Å². The molecule has 24 heavy (non-hydrogen) atoms. The summed E-state index contributed by atoms with van der Waals surface area (Å²) in [6, 6.07) is 15.3. The zero-order valence-electron chi connectivity index (χ0n) is 14.5. The van der Waals surface area contributed by atoms with Crippen LogP contribution in [0.3, 0.4) is 0 Å². The van der Waals surface area contributed by atoms with Crippen LogP contribution in [0.15, 0.2) is 64.6 Å². The monoisotopic (exact) mass is 349 g/mol. The Balaban J connectivity index is 2.06. The second kappa shape index (κ2) is 5.57. The first-order chi connectivity index (χ1) is 11.5. The summed E-state index contributed by atoms with van der Waals surface area (Å²) in [4.78, 5) is 7.52. The molecule has 2 aromatic heterocycles. The highest BCUT2D eigenvalue weighted by atomic mass is 32.2. The summed E-state index contributed by atoms with van der Waals surface area (Å²) >= 11 is 1.87. The number of pyridine rings is 2. The van der Waals surface area contributed by atoms with Gasteiger partial charge in [0.25, 0.3) is 0 Å². The van der Waals surface area contributed by atoms with E-state index < -0.39 is 8.07 Å². The third-order valence-corrected chi connectivity index (χ3v) is 9.72. The standard InChI is InChI=1S/C20H21N2SSi/c1-14-10-11-16-19(18(14)15-8-5-6-13-22(15)2)24(3,4)20-17(23-16)9-7-12-21-20/h5-13H,1-4H3/q+1. The van der Waals surface area contributed by atoms with Gasteiger partial charge in [-0.05, 0) is 41.9 Å². The quantitative estimate of drug-likeness (QED) is 0.496. The lowest BCUT2D eigenvalue weighted by Gasteiger charge is -2.33. The van der Waals surface area contributed by atoms with Gasteiger partial charge >= 0.3 is 0 Å². The van der Waals surface area contributed by atoms with E-state index in [9.17, 15) is 0 Å². The van der Waals surface area contributed by atoms with E-state index >= 15 is 0 Å². The third-order valence-electron chi connectivity index (χ3n) is 4.89. The molecule has 0 unspecified atom stereocenters. The Hall–Kier alpha value is -1.91. The highest BCUT2D eigenvalue weighted by molar-refractivity contribution is 8.00. The summed E-state index contributed by atoms with van der Waals surface area (Å²) in [5.41, 5.74) is 4.03. The normalized spacial score (nSPS) is 14.8. The van der Waals surface area contributed by atoms with Gasteiger partial charge in [-0.25, -0.2) is 4.57 Å². The molecule has 0 amide bonds. The van der Waals surface area contributed by atoms with Gasteiger partial charge in [0.2, 0.25) is 5.69 Å². The van der Waals surface area contributed by atoms with Gasteiger partial charge in [0.1, 0.15) is 15.1 Å². The lowest BCUT2D eigenvalue weighted by molar-refractivity contribution is -0.660. The molecule has 0 saturated heterocycles. The first-order valence-electron chi connectivity index (χ1n) is 8.22. The zero-order valence-corrected chi connectivity index (χ0v) is 16.3. The van der Waals surface area contributed by atoms with Crippen LogP contribution < -0.4 is 15.1 Å². The largest absolute Gasteiger partial charge is 0.265 e. The molecule has 4 rings (SSSR count). The zero-order chi connectivity index (χ0) is 16.9. The SMILES string of the molecule is Cc1ccc2c(c1-c1cccc[n+]1C)[Si](C)(C)c1ncccc1S2. The summed E-state index contributed by atoms with van der Waals surface area (Å²) in [6.07, 6.45) is 4.07. The molecule has 0 radical (unpaired) electrons. The third kappa shape index (κ3) is 2.25. The van der Waals surface area contributed by atoms with Crippen molar-refractivity contribution in [3.05, 3.63) is 60.4 Å². The van der Waals surface area contributed by atoms with Crippen molar-refractivity contribution in [3.63, 3.8) is 0 Å². The fraction of sp³-hybridized carbons (Fsp3) is 0.200. The highest BCUT2D eigenvalue weighted by Crippen LogP contribution is 2.36. The summed E-state index contributed by atoms with van der Waals surface area (Å²) in [7, 11) is 0.271. The van der Waals surface area contributed by atoms with Crippen molar-refractivity contribution in [2.24, 2.45) is 7.05 Å². The van der Waals surface area contributed by atoms with Crippen LogP contribution in [0.25, 0.3) is 11.3 Å². The van der Waals surface area contributed by atoms with E-state index in [-0.39, 0.29) is 0 Å². The molecular weight excluding hydrogens is 328 g/mol. The van der Waals surface area contributed by atoms with Crippen molar-refractivity contribution in [3.8, 4) is 11.3 Å². The minimum Gasteiger partial charge on any atom is -0.265 e. The Morgan fingerprint density at radius 3 is 2.62 bits per heavy atom. The van der Waals surface area contributed by atoms with Gasteiger partial charge in [-0.1, -0.05) is 30.9 Å². The number of hydrogen-bond acceptors (Lipinski definition) is 2. The predicted molar refractivity (Wildman–Crippen MR) is 103 cm³/mol. The van der Waals surface area contributed by atoms with Crippen molar-refractivity contribution in [2.45, 2.75) is 29.8 Å². The summed E-state index contributed by atoms with van der Waals surface area (Å²) in [5.74, 6) is 0. The van der Waals surface area contributed by atoms with Crippen LogP contribution in [0.2, 0.25) is 13.1 Å². The van der Waals surface area contributed by atoms with Crippen LogP contribution in [-0.2, 0) is 7.05 Å². The maximum absolute atomic E-state index is 4.79. The lowest BCUT2D eigenvalue weighted by atomic mass is 10.0. The molecule has 2 nitrogen and oxygen atoms in total. The smallest absolute Gasteiger partial charge is 0.212 e. The molecular formula is C20H21N2SSi+. The molecule has 1 aromatic carbocycles. The van der Waals surface area contributed by atoms with E-state index in [4.69, 9.17) is 4.98 Å². The van der Waals surface area contributed by atoms with Crippen molar-refractivity contribution >= 4 is 30.3 Å². The molecule has 0 aliphatic carbocycles. The minimum absolute atomic E-state index is 1.28. The molecule has 1 aliphatic heterocycles. The second-order valence-electron chi connectivity index (χ2n) is 6.90. The van der Waals surface area contributed by atoms with E-state index in [2.05, 4.69) is 74.2 Å². The van der Waals surface area contributed by atoms with Crippen molar-refractivity contribution in [2.75, 3.05) is 0 Å². The van der Waals surface area contributed by atoms with E-state index in [0.29, 0.717) is 0 Å². The molecule has 3 aromatic rings. The average Bonchev–Trinajstić information content (AvgIpc) is 2.56. The number of aryl methyl sites for hydroxylation is 2. The number of nitrogens with zero attached hydrogens (tertiary/aromatic N) is 2. The first-order valence-corrected chi connectivity index (χ1v) is 12.0. The molecule has 0 fully saturated rings. The maximum atomic E-state index is 4.79. The van der Waals surface area contributed by atoms with Gasteiger partial charge in [0.05, 0.1) is 0 Å². The summed E-state index contributed by atoms with van der Waals surface area (Å²) < 4.78 is 2.23. The van der Waals surface area contributed by atoms with Crippen LogP contribution in [0.1, 0.15) is 5.56 Å². The van der Waals surface area contributed by atoms with Crippen molar-refractivity contribution < 1.29 is 4.57 Å². The Morgan fingerprint density at radius 1 is 1.00 bits per heavy atom. The van der Waals surface area contributed by atoms with Crippen LogP contribution in [0, 0.1) is 6.92 Å². The fourth-order valence-electron chi connectivity index (χ4n) is 3.69. The van der Waals surface area contributed by atoms with Gasteiger partial charge in [-0.3, -0.25) is 4.98 Å². The van der Waals surface area contributed by atoms with Gasteiger partial charge in [-0.15, -0.1) is 0 Å². The van der Waals surface area contributed by atoms with Gasteiger partial charge in [0, 0.05) is 39.0 Å². The number of aromatic nitrogens is 2. The molecule has 0 saturated carbocycles. The van der Waals surface area contributed by atoms with Crippen LogP contribution >= 0.6 is 11.8 Å². The first kappa shape index (κ1) is 15.6. The average molecular weight is 350 g/mol. The molecule has 120 valence electrons. The molecule has 0 N–H and O–H groups in total. The molecule has 3 heterocycles. The van der Waals surface area contributed by atoms with Crippen molar-refractivity contribution in [1.82, 2.24) is 4.98 Å². The van der Waals surface area contributed by atoms with E-state index in [0.717, 1.165) is 0 Å². The van der Waals surface area contributed by atoms with Crippen molar-refractivity contribution in [1.29, 1.82) is 0 Å². The number of rotatable bonds is 1. The Kier molecular flexibility index (Phi) is 3.62.